The van der Waals surface area contributed by atoms with Crippen molar-refractivity contribution in [2.75, 3.05) is 13.1 Å². The number of rotatable bonds is 5. The Morgan fingerprint density at radius 2 is 2.11 bits per heavy atom. The molecule has 1 amide bonds. The van der Waals surface area contributed by atoms with Crippen molar-refractivity contribution in [1.29, 1.82) is 0 Å². The van der Waals surface area contributed by atoms with Crippen LogP contribution in [0.3, 0.4) is 0 Å². The van der Waals surface area contributed by atoms with Crippen molar-refractivity contribution in [3.8, 4) is 0 Å². The molecule has 2 heterocycles. The van der Waals surface area contributed by atoms with Crippen molar-refractivity contribution < 1.29 is 9.90 Å². The highest BCUT2D eigenvalue weighted by Gasteiger charge is 2.43. The number of halogens is 1. The number of hydrogen-bond donors (Lipinski definition) is 1. The number of aliphatic hydroxyl groups is 1. The first kappa shape index (κ1) is 14.4. The third kappa shape index (κ3) is 2.95. The molecule has 0 spiro atoms. The van der Waals surface area contributed by atoms with E-state index in [1.165, 1.54) is 0 Å². The van der Waals surface area contributed by atoms with Gasteiger partial charge in [0, 0.05) is 12.7 Å². The van der Waals surface area contributed by atoms with E-state index in [4.69, 9.17) is 11.6 Å². The maximum atomic E-state index is 12.4. The molecule has 0 unspecified atom stereocenters. The molecule has 0 saturated carbocycles. The third-order valence-electron chi connectivity index (χ3n) is 3.52. The average Bonchev–Trinajstić information content (AvgIpc) is 2.67. The molecule has 1 N–H and O–H groups in total. The topological polar surface area (TPSA) is 45.5 Å². The van der Waals surface area contributed by atoms with Gasteiger partial charge in [0.1, 0.15) is 5.69 Å². The quantitative estimate of drug-likeness (QED) is 0.903. The Morgan fingerprint density at radius 3 is 2.68 bits per heavy atom. The van der Waals surface area contributed by atoms with Crippen molar-refractivity contribution in [3.63, 3.8) is 0 Å². The van der Waals surface area contributed by atoms with Gasteiger partial charge in [0.05, 0.1) is 23.7 Å². The molecule has 1 fully saturated rings. The molecule has 1 aromatic heterocycles. The van der Waals surface area contributed by atoms with Crippen LogP contribution in [0.15, 0.2) is 12.3 Å². The molecule has 4 nitrogen and oxygen atoms in total. The normalized spacial score (nSPS) is 17.4. The van der Waals surface area contributed by atoms with Crippen LogP contribution >= 0.6 is 11.6 Å². The van der Waals surface area contributed by atoms with Gasteiger partial charge in [-0.3, -0.25) is 4.79 Å². The second-order valence-corrected chi connectivity index (χ2v) is 5.81. The lowest BCUT2D eigenvalue weighted by atomic mass is 9.89. The van der Waals surface area contributed by atoms with Gasteiger partial charge in [-0.05, 0) is 18.9 Å². The minimum Gasteiger partial charge on any atom is -0.386 e. The molecule has 106 valence electrons. The van der Waals surface area contributed by atoms with Gasteiger partial charge in [-0.25, -0.2) is 0 Å². The van der Waals surface area contributed by atoms with Gasteiger partial charge < -0.3 is 14.6 Å². The van der Waals surface area contributed by atoms with Crippen LogP contribution in [0.5, 0.6) is 0 Å². The van der Waals surface area contributed by atoms with Crippen LogP contribution in [0.25, 0.3) is 0 Å². The summed E-state index contributed by atoms with van der Waals surface area (Å²) >= 11 is 5.98. The summed E-state index contributed by atoms with van der Waals surface area (Å²) in [6.45, 7) is 5.73. The summed E-state index contributed by atoms with van der Waals surface area (Å²) in [6.07, 6.45) is 4.41. The minimum absolute atomic E-state index is 0.0406. The van der Waals surface area contributed by atoms with Crippen molar-refractivity contribution in [2.24, 2.45) is 0 Å². The van der Waals surface area contributed by atoms with E-state index in [-0.39, 0.29) is 5.91 Å². The molecule has 2 rings (SSSR count). The van der Waals surface area contributed by atoms with E-state index in [1.54, 1.807) is 17.2 Å². The Morgan fingerprint density at radius 1 is 1.42 bits per heavy atom. The van der Waals surface area contributed by atoms with Crippen LogP contribution in [-0.4, -0.2) is 39.2 Å². The Labute approximate surface area is 119 Å². The molecule has 1 saturated heterocycles. The first-order valence-corrected chi connectivity index (χ1v) is 7.24. The maximum Gasteiger partial charge on any atom is 0.270 e. The fraction of sp³-hybridized carbons (Fsp3) is 0.643. The van der Waals surface area contributed by atoms with Gasteiger partial charge in [-0.15, -0.1) is 0 Å². The van der Waals surface area contributed by atoms with Gasteiger partial charge in [-0.2, -0.15) is 0 Å². The Hall–Kier alpha value is -1.00. The largest absolute Gasteiger partial charge is 0.386 e. The maximum absolute atomic E-state index is 12.4. The summed E-state index contributed by atoms with van der Waals surface area (Å²) in [6, 6.07) is 1.71. The van der Waals surface area contributed by atoms with Gasteiger partial charge in [0.2, 0.25) is 0 Å². The number of amides is 1. The summed E-state index contributed by atoms with van der Waals surface area (Å²) < 4.78 is 1.89. The highest BCUT2D eigenvalue weighted by atomic mass is 35.5. The zero-order valence-corrected chi connectivity index (χ0v) is 12.3. The number of hydrogen-bond acceptors (Lipinski definition) is 2. The molecule has 1 aliphatic heterocycles. The predicted octanol–water partition coefficient (Wildman–Crippen LogP) is 2.54. The van der Waals surface area contributed by atoms with E-state index >= 15 is 0 Å². The number of aromatic nitrogens is 1. The van der Waals surface area contributed by atoms with Crippen LogP contribution in [0.1, 0.15) is 43.6 Å². The standard InChI is InChI=1S/C14H21ClN2O2/c1-3-5-14(19)9-17(10-14)13(18)12-7-11(15)8-16(12)6-4-2/h7-8,19H,3-6,9-10H2,1-2H3. The monoisotopic (exact) mass is 284 g/mol. The number of carbonyl (C=O) groups excluding carboxylic acids is 1. The Kier molecular flexibility index (Phi) is 4.21. The Bertz CT molecular complexity index is 464. The van der Waals surface area contributed by atoms with E-state index < -0.39 is 5.60 Å². The SMILES string of the molecule is CCCn1cc(Cl)cc1C(=O)N1CC(O)(CCC)C1. The molecular formula is C14H21ClN2O2. The van der Waals surface area contributed by atoms with E-state index in [0.29, 0.717) is 23.8 Å². The zero-order chi connectivity index (χ0) is 14.0. The fourth-order valence-electron chi connectivity index (χ4n) is 2.67. The third-order valence-corrected chi connectivity index (χ3v) is 3.73. The lowest BCUT2D eigenvalue weighted by molar-refractivity contribution is -0.0863. The molecule has 0 radical (unpaired) electrons. The molecule has 0 atom stereocenters. The lowest BCUT2D eigenvalue weighted by Crippen LogP contribution is -2.63. The predicted molar refractivity (Wildman–Crippen MR) is 75.5 cm³/mol. The molecule has 0 aromatic carbocycles. The van der Waals surface area contributed by atoms with Gasteiger partial charge in [-0.1, -0.05) is 31.9 Å². The summed E-state index contributed by atoms with van der Waals surface area (Å²) in [5.41, 5.74) is -0.0680. The summed E-state index contributed by atoms with van der Waals surface area (Å²) in [7, 11) is 0. The second kappa shape index (κ2) is 5.55. The fourth-order valence-corrected chi connectivity index (χ4v) is 2.89. The highest BCUT2D eigenvalue weighted by Crippen LogP contribution is 2.28. The van der Waals surface area contributed by atoms with Crippen LogP contribution < -0.4 is 0 Å². The number of likely N-dealkylation sites (tertiary alicyclic amines) is 1. The molecular weight excluding hydrogens is 264 g/mol. The van der Waals surface area contributed by atoms with E-state index in [2.05, 4.69) is 6.92 Å². The van der Waals surface area contributed by atoms with Gasteiger partial charge >= 0.3 is 0 Å². The average molecular weight is 285 g/mol. The molecule has 0 bridgehead atoms. The smallest absolute Gasteiger partial charge is 0.270 e. The number of nitrogens with zero attached hydrogens (tertiary/aromatic N) is 2. The van der Waals surface area contributed by atoms with Crippen LogP contribution in [0.2, 0.25) is 5.02 Å². The number of aryl methyl sites for hydroxylation is 1. The second-order valence-electron chi connectivity index (χ2n) is 5.37. The van der Waals surface area contributed by atoms with Crippen molar-refractivity contribution in [3.05, 3.63) is 23.0 Å². The molecule has 5 heteroatoms. The number of carbonyl (C=O) groups is 1. The van der Waals surface area contributed by atoms with E-state index in [0.717, 1.165) is 25.8 Å². The molecule has 0 aliphatic carbocycles. The van der Waals surface area contributed by atoms with Crippen molar-refractivity contribution in [1.82, 2.24) is 9.47 Å². The summed E-state index contributed by atoms with van der Waals surface area (Å²) in [5.74, 6) is -0.0406. The van der Waals surface area contributed by atoms with Crippen LogP contribution in [0, 0.1) is 0 Å². The highest BCUT2D eigenvalue weighted by molar-refractivity contribution is 6.31. The van der Waals surface area contributed by atoms with Gasteiger partial charge in [0.15, 0.2) is 0 Å². The van der Waals surface area contributed by atoms with E-state index in [1.807, 2.05) is 11.5 Å². The summed E-state index contributed by atoms with van der Waals surface area (Å²) in [5, 5.41) is 10.7. The summed E-state index contributed by atoms with van der Waals surface area (Å²) in [4.78, 5) is 14.1. The van der Waals surface area contributed by atoms with Crippen molar-refractivity contribution >= 4 is 17.5 Å². The molecule has 1 aliphatic rings. The molecule has 1 aromatic rings. The van der Waals surface area contributed by atoms with Crippen LogP contribution in [0.4, 0.5) is 0 Å². The first-order valence-electron chi connectivity index (χ1n) is 6.86. The van der Waals surface area contributed by atoms with Gasteiger partial charge in [0.25, 0.3) is 5.91 Å². The molecule has 19 heavy (non-hydrogen) atoms. The number of β-amino-alcohol motifs (C(OH)–C–C–N with tert-alkyl or cyclic N) is 1. The minimum atomic E-state index is -0.684. The zero-order valence-electron chi connectivity index (χ0n) is 11.5. The first-order chi connectivity index (χ1) is 8.99. The van der Waals surface area contributed by atoms with E-state index in [9.17, 15) is 9.90 Å². The van der Waals surface area contributed by atoms with Crippen LogP contribution in [-0.2, 0) is 6.54 Å². The lowest BCUT2D eigenvalue weighted by Gasteiger charge is -2.46. The van der Waals surface area contributed by atoms with Crippen molar-refractivity contribution in [2.45, 2.75) is 45.3 Å². The Balaban J connectivity index is 2.05.